The van der Waals surface area contributed by atoms with Gasteiger partial charge in [-0.3, -0.25) is 10.1 Å². The second-order valence-corrected chi connectivity index (χ2v) is 4.71. The van der Waals surface area contributed by atoms with Gasteiger partial charge in [-0.1, -0.05) is 18.2 Å². The first-order valence-electron chi connectivity index (χ1n) is 5.56. The molecule has 18 heavy (non-hydrogen) atoms. The Morgan fingerprint density at radius 2 is 1.94 bits per heavy atom. The van der Waals surface area contributed by atoms with Crippen molar-refractivity contribution in [3.05, 3.63) is 29.8 Å². The molecule has 1 rings (SSSR count). The van der Waals surface area contributed by atoms with Gasteiger partial charge in [-0.2, -0.15) is 0 Å². The number of benzene rings is 1. The van der Waals surface area contributed by atoms with Crippen molar-refractivity contribution in [1.82, 2.24) is 0 Å². The average molecular weight is 251 g/mol. The summed E-state index contributed by atoms with van der Waals surface area (Å²) < 4.78 is 4.90. The minimum Gasteiger partial charge on any atom is -0.481 e. The lowest BCUT2D eigenvalue weighted by molar-refractivity contribution is -0.148. The van der Waals surface area contributed by atoms with E-state index in [1.165, 1.54) is 13.8 Å². The molecular formula is C13H17NO4. The molecule has 0 spiro atoms. The number of ether oxygens (including phenoxy) is 1. The monoisotopic (exact) mass is 251 g/mol. The fourth-order valence-corrected chi connectivity index (χ4v) is 1.17. The minimum atomic E-state index is -1.09. The topological polar surface area (TPSA) is 75.6 Å². The van der Waals surface area contributed by atoms with E-state index in [9.17, 15) is 9.59 Å². The van der Waals surface area contributed by atoms with E-state index < -0.39 is 17.5 Å². The molecule has 98 valence electrons. The molecule has 0 unspecified atom stereocenters. The summed E-state index contributed by atoms with van der Waals surface area (Å²) in [5.41, 5.74) is 0.464. The number of rotatable bonds is 4. The van der Waals surface area contributed by atoms with Gasteiger partial charge in [0.25, 0.3) is 0 Å². The van der Waals surface area contributed by atoms with Crippen LogP contribution in [0.25, 0.3) is 0 Å². The molecule has 0 saturated carbocycles. The fraction of sp³-hybridized carbons (Fsp3) is 0.385. The maximum absolute atomic E-state index is 11.5. The zero-order chi connectivity index (χ0) is 13.8. The van der Waals surface area contributed by atoms with Crippen molar-refractivity contribution < 1.29 is 19.4 Å². The maximum atomic E-state index is 11.5. The SMILES string of the molecule is Cc1ccccc1NC(=O)OCC(C)(C)C(=O)O. The molecule has 0 saturated heterocycles. The van der Waals surface area contributed by atoms with Gasteiger partial charge in [-0.25, -0.2) is 4.79 Å². The van der Waals surface area contributed by atoms with E-state index in [-0.39, 0.29) is 6.61 Å². The Balaban J connectivity index is 2.54. The lowest BCUT2D eigenvalue weighted by Crippen LogP contribution is -2.31. The van der Waals surface area contributed by atoms with Crippen molar-refractivity contribution in [2.24, 2.45) is 5.41 Å². The first-order valence-corrected chi connectivity index (χ1v) is 5.56. The summed E-state index contributed by atoms with van der Waals surface area (Å²) in [6, 6.07) is 7.26. The number of anilines is 1. The Morgan fingerprint density at radius 3 is 2.50 bits per heavy atom. The van der Waals surface area contributed by atoms with E-state index in [4.69, 9.17) is 9.84 Å². The number of carboxylic acids is 1. The molecule has 0 bridgehead atoms. The Labute approximate surface area is 106 Å². The smallest absolute Gasteiger partial charge is 0.411 e. The van der Waals surface area contributed by atoms with Crippen LogP contribution < -0.4 is 5.32 Å². The number of nitrogens with one attached hydrogen (secondary N) is 1. The molecule has 1 amide bonds. The van der Waals surface area contributed by atoms with Gasteiger partial charge in [0, 0.05) is 5.69 Å². The summed E-state index contributed by atoms with van der Waals surface area (Å²) in [6.45, 7) is 4.67. The number of carbonyl (C=O) groups excluding carboxylic acids is 1. The highest BCUT2D eigenvalue weighted by atomic mass is 16.5. The number of para-hydroxylation sites is 1. The van der Waals surface area contributed by atoms with E-state index in [1.54, 1.807) is 12.1 Å². The van der Waals surface area contributed by atoms with Crippen molar-refractivity contribution >= 4 is 17.7 Å². The molecule has 5 nitrogen and oxygen atoms in total. The molecule has 1 aromatic rings. The van der Waals surface area contributed by atoms with Crippen LogP contribution in [0.1, 0.15) is 19.4 Å². The van der Waals surface area contributed by atoms with E-state index >= 15 is 0 Å². The number of hydrogen-bond donors (Lipinski definition) is 2. The summed E-state index contributed by atoms with van der Waals surface area (Å²) in [5.74, 6) is -1.01. The highest BCUT2D eigenvalue weighted by Gasteiger charge is 2.29. The molecule has 1 aromatic carbocycles. The number of amides is 1. The third-order valence-corrected chi connectivity index (χ3v) is 2.52. The summed E-state index contributed by atoms with van der Waals surface area (Å²) >= 11 is 0. The Hall–Kier alpha value is -2.04. The third-order valence-electron chi connectivity index (χ3n) is 2.52. The highest BCUT2D eigenvalue weighted by Crippen LogP contribution is 2.17. The standard InChI is InChI=1S/C13H17NO4/c1-9-6-4-5-7-10(9)14-12(17)18-8-13(2,3)11(15)16/h4-7H,8H2,1-3H3,(H,14,17)(H,15,16). The number of hydrogen-bond acceptors (Lipinski definition) is 3. The zero-order valence-electron chi connectivity index (χ0n) is 10.7. The van der Waals surface area contributed by atoms with Crippen molar-refractivity contribution in [3.8, 4) is 0 Å². The molecule has 0 fully saturated rings. The Bertz CT molecular complexity index is 454. The molecule has 5 heteroatoms. The van der Waals surface area contributed by atoms with Crippen LogP contribution in [0.2, 0.25) is 0 Å². The lowest BCUT2D eigenvalue weighted by atomic mass is 9.95. The van der Waals surface area contributed by atoms with Gasteiger partial charge < -0.3 is 9.84 Å². The Morgan fingerprint density at radius 1 is 1.33 bits per heavy atom. The first-order chi connectivity index (χ1) is 8.33. The largest absolute Gasteiger partial charge is 0.481 e. The van der Waals surface area contributed by atoms with Gasteiger partial charge in [0.2, 0.25) is 0 Å². The van der Waals surface area contributed by atoms with Gasteiger partial charge in [-0.15, -0.1) is 0 Å². The Kier molecular flexibility index (Phi) is 4.31. The number of carbonyl (C=O) groups is 2. The van der Waals surface area contributed by atoms with Crippen molar-refractivity contribution in [2.75, 3.05) is 11.9 Å². The fourth-order valence-electron chi connectivity index (χ4n) is 1.17. The van der Waals surface area contributed by atoms with Crippen LogP contribution in [0, 0.1) is 12.3 Å². The van der Waals surface area contributed by atoms with Crippen LogP contribution >= 0.6 is 0 Å². The quantitative estimate of drug-likeness (QED) is 0.862. The summed E-state index contributed by atoms with van der Waals surface area (Å²) in [7, 11) is 0. The van der Waals surface area contributed by atoms with Crippen molar-refractivity contribution in [3.63, 3.8) is 0 Å². The molecular weight excluding hydrogens is 234 g/mol. The second kappa shape index (κ2) is 5.53. The summed E-state index contributed by atoms with van der Waals surface area (Å²) in [6.07, 6.45) is -0.654. The van der Waals surface area contributed by atoms with Gasteiger partial charge >= 0.3 is 12.1 Å². The van der Waals surface area contributed by atoms with Crippen LogP contribution in [0.5, 0.6) is 0 Å². The minimum absolute atomic E-state index is 0.181. The van der Waals surface area contributed by atoms with E-state index in [1.807, 2.05) is 19.1 Å². The predicted molar refractivity (Wildman–Crippen MR) is 67.6 cm³/mol. The molecule has 0 aliphatic heterocycles. The molecule has 0 aromatic heterocycles. The van der Waals surface area contributed by atoms with Crippen LogP contribution in [-0.2, 0) is 9.53 Å². The average Bonchev–Trinajstić information content (AvgIpc) is 2.29. The molecule has 0 heterocycles. The zero-order valence-corrected chi connectivity index (χ0v) is 10.7. The van der Waals surface area contributed by atoms with E-state index in [0.717, 1.165) is 5.56 Å². The van der Waals surface area contributed by atoms with Crippen LogP contribution in [-0.4, -0.2) is 23.8 Å². The molecule has 0 aliphatic rings. The van der Waals surface area contributed by atoms with Gasteiger partial charge in [0.05, 0.1) is 5.41 Å². The number of aliphatic carboxylic acids is 1. The van der Waals surface area contributed by atoms with Crippen molar-refractivity contribution in [2.45, 2.75) is 20.8 Å². The normalized spacial score (nSPS) is 10.8. The second-order valence-electron chi connectivity index (χ2n) is 4.71. The molecule has 0 atom stereocenters. The molecule has 0 radical (unpaired) electrons. The van der Waals surface area contributed by atoms with E-state index in [2.05, 4.69) is 5.32 Å². The predicted octanol–water partition coefficient (Wildman–Crippen LogP) is 2.65. The van der Waals surface area contributed by atoms with Crippen LogP contribution in [0.15, 0.2) is 24.3 Å². The number of aryl methyl sites for hydroxylation is 1. The van der Waals surface area contributed by atoms with Gasteiger partial charge in [-0.05, 0) is 32.4 Å². The third kappa shape index (κ3) is 3.76. The first kappa shape index (κ1) is 14.0. The van der Waals surface area contributed by atoms with Crippen LogP contribution in [0.3, 0.4) is 0 Å². The molecule has 0 aliphatic carbocycles. The summed E-state index contributed by atoms with van der Waals surface area (Å²) in [4.78, 5) is 22.3. The van der Waals surface area contributed by atoms with Crippen LogP contribution in [0.4, 0.5) is 10.5 Å². The highest BCUT2D eigenvalue weighted by molar-refractivity contribution is 5.85. The van der Waals surface area contributed by atoms with Gasteiger partial charge in [0.15, 0.2) is 0 Å². The number of carboxylic acid groups (broad SMARTS) is 1. The summed E-state index contributed by atoms with van der Waals surface area (Å²) in [5, 5.41) is 11.4. The van der Waals surface area contributed by atoms with Gasteiger partial charge in [0.1, 0.15) is 6.61 Å². The molecule has 2 N–H and O–H groups in total. The lowest BCUT2D eigenvalue weighted by Gasteiger charge is -2.19. The van der Waals surface area contributed by atoms with E-state index in [0.29, 0.717) is 5.69 Å². The maximum Gasteiger partial charge on any atom is 0.411 e. The van der Waals surface area contributed by atoms with Crippen molar-refractivity contribution in [1.29, 1.82) is 0 Å².